The second-order valence-electron chi connectivity index (χ2n) is 4.85. The van der Waals surface area contributed by atoms with Gasteiger partial charge in [-0.15, -0.1) is 0 Å². The summed E-state index contributed by atoms with van der Waals surface area (Å²) in [6.45, 7) is 7.29. The number of rotatable bonds is 8. The molecular formula is C11H26N2O. The molecule has 0 aliphatic heterocycles. The van der Waals surface area contributed by atoms with E-state index in [1.807, 2.05) is 7.05 Å². The first-order valence-corrected chi connectivity index (χ1v) is 5.51. The Hall–Kier alpha value is -0.120. The van der Waals surface area contributed by atoms with Crippen LogP contribution in [0.15, 0.2) is 0 Å². The molecule has 14 heavy (non-hydrogen) atoms. The lowest BCUT2D eigenvalue weighted by Crippen LogP contribution is -2.25. The lowest BCUT2D eigenvalue weighted by molar-refractivity contribution is 0.216. The number of hydrogen-bond donors (Lipinski definition) is 2. The van der Waals surface area contributed by atoms with Crippen LogP contribution in [0.3, 0.4) is 0 Å². The zero-order valence-corrected chi connectivity index (χ0v) is 9.92. The summed E-state index contributed by atoms with van der Waals surface area (Å²) < 4.78 is 0. The quantitative estimate of drug-likeness (QED) is 0.579. The maximum atomic E-state index is 8.70. The minimum atomic E-state index is 0.255. The average Bonchev–Trinajstić information content (AvgIpc) is 2.13. The largest absolute Gasteiger partial charge is 0.395 e. The molecule has 0 heterocycles. The molecule has 3 heteroatoms. The SMILES string of the molecule is CN(CCO)CCCCC(C)(C)CN. The first-order chi connectivity index (χ1) is 6.52. The summed E-state index contributed by atoms with van der Waals surface area (Å²) in [6.07, 6.45) is 3.61. The van der Waals surface area contributed by atoms with Gasteiger partial charge in [-0.1, -0.05) is 20.3 Å². The Bertz CT molecular complexity index is 137. The van der Waals surface area contributed by atoms with Gasteiger partial charge in [0.2, 0.25) is 0 Å². The van der Waals surface area contributed by atoms with Crippen molar-refractivity contribution in [1.82, 2.24) is 4.90 Å². The summed E-state index contributed by atoms with van der Waals surface area (Å²) in [5.74, 6) is 0. The van der Waals surface area contributed by atoms with Crippen LogP contribution in [0.4, 0.5) is 0 Å². The van der Waals surface area contributed by atoms with Gasteiger partial charge in [0.1, 0.15) is 0 Å². The van der Waals surface area contributed by atoms with Crippen molar-refractivity contribution in [3.63, 3.8) is 0 Å². The molecule has 0 aliphatic carbocycles. The summed E-state index contributed by atoms with van der Waals surface area (Å²) in [6, 6.07) is 0. The predicted molar refractivity (Wildman–Crippen MR) is 61.3 cm³/mol. The summed E-state index contributed by atoms with van der Waals surface area (Å²) >= 11 is 0. The van der Waals surface area contributed by atoms with Crippen LogP contribution in [0.1, 0.15) is 33.1 Å². The fraction of sp³-hybridized carbons (Fsp3) is 1.00. The fourth-order valence-electron chi connectivity index (χ4n) is 1.37. The number of nitrogens with two attached hydrogens (primary N) is 1. The molecule has 0 spiro atoms. The topological polar surface area (TPSA) is 49.5 Å². The highest BCUT2D eigenvalue weighted by Gasteiger charge is 2.14. The van der Waals surface area contributed by atoms with Gasteiger partial charge in [-0.05, 0) is 38.4 Å². The summed E-state index contributed by atoms with van der Waals surface area (Å²) in [5.41, 5.74) is 5.94. The lowest BCUT2D eigenvalue weighted by Gasteiger charge is -2.22. The molecule has 0 amide bonds. The highest BCUT2D eigenvalue weighted by molar-refractivity contribution is 4.69. The van der Waals surface area contributed by atoms with Gasteiger partial charge in [-0.3, -0.25) is 0 Å². The van der Waals surface area contributed by atoms with Crippen molar-refractivity contribution in [2.75, 3.05) is 33.3 Å². The molecular weight excluding hydrogens is 176 g/mol. The number of likely N-dealkylation sites (N-methyl/N-ethyl adjacent to an activating group) is 1. The third-order valence-electron chi connectivity index (χ3n) is 2.68. The van der Waals surface area contributed by atoms with Gasteiger partial charge in [-0.25, -0.2) is 0 Å². The number of unbranched alkanes of at least 4 members (excludes halogenated alkanes) is 1. The molecule has 3 N–H and O–H groups in total. The molecule has 0 atom stereocenters. The molecule has 86 valence electrons. The van der Waals surface area contributed by atoms with Crippen molar-refractivity contribution < 1.29 is 5.11 Å². The molecule has 0 saturated carbocycles. The van der Waals surface area contributed by atoms with Crippen molar-refractivity contribution in [3.8, 4) is 0 Å². The van der Waals surface area contributed by atoms with Crippen molar-refractivity contribution in [2.24, 2.45) is 11.1 Å². The van der Waals surface area contributed by atoms with E-state index in [1.54, 1.807) is 0 Å². The molecule has 0 saturated heterocycles. The normalized spacial score (nSPS) is 12.4. The third-order valence-corrected chi connectivity index (χ3v) is 2.68. The molecule has 0 aromatic heterocycles. The van der Waals surface area contributed by atoms with Crippen LogP contribution in [0.2, 0.25) is 0 Å². The van der Waals surface area contributed by atoms with E-state index in [2.05, 4.69) is 18.7 Å². The van der Waals surface area contributed by atoms with Crippen LogP contribution in [-0.2, 0) is 0 Å². The number of aliphatic hydroxyl groups excluding tert-OH is 1. The molecule has 0 aromatic rings. The minimum absolute atomic E-state index is 0.255. The predicted octanol–water partition coefficient (Wildman–Crippen LogP) is 1.07. The van der Waals surface area contributed by atoms with E-state index >= 15 is 0 Å². The molecule has 0 rings (SSSR count). The van der Waals surface area contributed by atoms with Crippen LogP contribution in [-0.4, -0.2) is 43.3 Å². The van der Waals surface area contributed by atoms with Gasteiger partial charge in [-0.2, -0.15) is 0 Å². The van der Waals surface area contributed by atoms with Crippen LogP contribution in [0.25, 0.3) is 0 Å². The van der Waals surface area contributed by atoms with Crippen molar-refractivity contribution >= 4 is 0 Å². The molecule has 0 aliphatic rings. The van der Waals surface area contributed by atoms with E-state index in [0.717, 1.165) is 19.6 Å². The van der Waals surface area contributed by atoms with E-state index in [0.29, 0.717) is 0 Å². The standard InChI is InChI=1S/C11H26N2O/c1-11(2,10-12)6-4-5-7-13(3)8-9-14/h14H,4-10,12H2,1-3H3. The van der Waals surface area contributed by atoms with E-state index in [9.17, 15) is 0 Å². The summed E-state index contributed by atoms with van der Waals surface area (Å²) in [7, 11) is 2.05. The van der Waals surface area contributed by atoms with Gasteiger partial charge in [0.15, 0.2) is 0 Å². The molecule has 0 fully saturated rings. The Morgan fingerprint density at radius 3 is 2.36 bits per heavy atom. The molecule has 0 aromatic carbocycles. The van der Waals surface area contributed by atoms with E-state index in [4.69, 9.17) is 10.8 Å². The van der Waals surface area contributed by atoms with Crippen molar-refractivity contribution in [1.29, 1.82) is 0 Å². The summed E-state index contributed by atoms with van der Waals surface area (Å²) in [4.78, 5) is 2.16. The number of hydrogen-bond acceptors (Lipinski definition) is 3. The molecule has 0 bridgehead atoms. The van der Waals surface area contributed by atoms with Crippen molar-refractivity contribution in [2.45, 2.75) is 33.1 Å². The van der Waals surface area contributed by atoms with Crippen LogP contribution < -0.4 is 5.73 Å². The number of aliphatic hydroxyl groups is 1. The van der Waals surface area contributed by atoms with Gasteiger partial charge in [0.05, 0.1) is 6.61 Å². The van der Waals surface area contributed by atoms with Gasteiger partial charge < -0.3 is 15.7 Å². The van der Waals surface area contributed by atoms with E-state index in [-0.39, 0.29) is 12.0 Å². The van der Waals surface area contributed by atoms with Gasteiger partial charge in [0.25, 0.3) is 0 Å². The minimum Gasteiger partial charge on any atom is -0.395 e. The van der Waals surface area contributed by atoms with Gasteiger partial charge >= 0.3 is 0 Å². The Morgan fingerprint density at radius 2 is 1.86 bits per heavy atom. The summed E-state index contributed by atoms with van der Waals surface area (Å²) in [5, 5.41) is 8.70. The van der Waals surface area contributed by atoms with E-state index < -0.39 is 0 Å². The zero-order chi connectivity index (χ0) is 11.0. The maximum Gasteiger partial charge on any atom is 0.0558 e. The number of nitrogens with zero attached hydrogens (tertiary/aromatic N) is 1. The first-order valence-electron chi connectivity index (χ1n) is 5.51. The molecule has 0 radical (unpaired) electrons. The molecule has 3 nitrogen and oxygen atoms in total. The highest BCUT2D eigenvalue weighted by atomic mass is 16.3. The average molecular weight is 202 g/mol. The maximum absolute atomic E-state index is 8.70. The fourth-order valence-corrected chi connectivity index (χ4v) is 1.37. The Labute approximate surface area is 88.3 Å². The second kappa shape index (κ2) is 7.21. The first kappa shape index (κ1) is 13.9. The smallest absolute Gasteiger partial charge is 0.0558 e. The zero-order valence-electron chi connectivity index (χ0n) is 9.92. The van der Waals surface area contributed by atoms with E-state index in [1.165, 1.54) is 19.3 Å². The van der Waals surface area contributed by atoms with Crippen LogP contribution >= 0.6 is 0 Å². The Morgan fingerprint density at radius 1 is 1.21 bits per heavy atom. The Kier molecular flexibility index (Phi) is 7.15. The lowest BCUT2D eigenvalue weighted by atomic mass is 9.87. The molecule has 0 unspecified atom stereocenters. The van der Waals surface area contributed by atoms with Crippen LogP contribution in [0, 0.1) is 5.41 Å². The highest BCUT2D eigenvalue weighted by Crippen LogP contribution is 2.21. The Balaban J connectivity index is 3.37. The van der Waals surface area contributed by atoms with Crippen LogP contribution in [0.5, 0.6) is 0 Å². The van der Waals surface area contributed by atoms with Gasteiger partial charge in [0, 0.05) is 6.54 Å². The monoisotopic (exact) mass is 202 g/mol. The van der Waals surface area contributed by atoms with Crippen molar-refractivity contribution in [3.05, 3.63) is 0 Å². The third kappa shape index (κ3) is 7.30. The second-order valence-corrected chi connectivity index (χ2v) is 4.85.